The minimum absolute atomic E-state index is 0.0518. The molecule has 74 valence electrons. The van der Waals surface area contributed by atoms with Gasteiger partial charge in [-0.1, -0.05) is 0 Å². The van der Waals surface area contributed by atoms with Crippen molar-refractivity contribution in [2.75, 3.05) is 7.11 Å². The molecule has 1 rings (SSSR count). The molecule has 0 unspecified atom stereocenters. The first-order chi connectivity index (χ1) is 6.15. The van der Waals surface area contributed by atoms with Gasteiger partial charge in [0.2, 0.25) is 5.91 Å². The van der Waals surface area contributed by atoms with Crippen LogP contribution in [0.25, 0.3) is 0 Å². The Kier molecular flexibility index (Phi) is 3.66. The van der Waals surface area contributed by atoms with E-state index in [-0.39, 0.29) is 11.8 Å². The van der Waals surface area contributed by atoms with Crippen molar-refractivity contribution in [2.45, 2.75) is 25.7 Å². The van der Waals surface area contributed by atoms with Crippen LogP contribution in [0.4, 0.5) is 0 Å². The minimum atomic E-state index is -0.179. The number of nitrogens with two attached hydrogens (primary N) is 1. The quantitative estimate of drug-likeness (QED) is 0.684. The van der Waals surface area contributed by atoms with Gasteiger partial charge in [0, 0.05) is 11.8 Å². The van der Waals surface area contributed by atoms with E-state index in [1.165, 1.54) is 0 Å². The molecule has 2 N–H and O–H groups in total. The molecule has 13 heavy (non-hydrogen) atoms. The van der Waals surface area contributed by atoms with Crippen LogP contribution in [0.3, 0.4) is 0 Å². The molecule has 0 atom stereocenters. The molecule has 0 saturated heterocycles. The summed E-state index contributed by atoms with van der Waals surface area (Å²) in [6.45, 7) is 0. The van der Waals surface area contributed by atoms with Gasteiger partial charge < -0.3 is 10.5 Å². The molecule has 1 aliphatic rings. The van der Waals surface area contributed by atoms with Crippen LogP contribution in [0.1, 0.15) is 25.7 Å². The fourth-order valence-electron chi connectivity index (χ4n) is 1.78. The second kappa shape index (κ2) is 4.56. The number of carbonyl (C=O) groups excluding carboxylic acids is 1. The van der Waals surface area contributed by atoms with Crippen LogP contribution in [0, 0.1) is 11.8 Å². The topological polar surface area (TPSA) is 52.3 Å². The van der Waals surface area contributed by atoms with E-state index in [0.717, 1.165) is 25.7 Å². The van der Waals surface area contributed by atoms with Gasteiger partial charge in [-0.2, -0.15) is 0 Å². The van der Waals surface area contributed by atoms with Crippen molar-refractivity contribution in [1.82, 2.24) is 0 Å². The molecule has 0 aliphatic heterocycles. The first-order valence-electron chi connectivity index (χ1n) is 4.52. The van der Waals surface area contributed by atoms with Crippen LogP contribution in [0.15, 0.2) is 0 Å². The number of rotatable bonds is 2. The number of hydrogen-bond acceptors (Lipinski definition) is 3. The van der Waals surface area contributed by atoms with Gasteiger partial charge in [-0.3, -0.25) is 4.79 Å². The lowest BCUT2D eigenvalue weighted by Gasteiger charge is -2.26. The van der Waals surface area contributed by atoms with Crippen molar-refractivity contribution >= 4 is 23.2 Å². The Bertz CT molecular complexity index is 210. The number of primary amides is 1. The third-order valence-electron chi connectivity index (χ3n) is 2.66. The van der Waals surface area contributed by atoms with Gasteiger partial charge in [0.05, 0.1) is 7.11 Å². The fraction of sp³-hybridized carbons (Fsp3) is 0.778. The summed E-state index contributed by atoms with van der Waals surface area (Å²) in [5.74, 6) is 0.216. The maximum atomic E-state index is 10.9. The SMILES string of the molecule is COC(=S)C1CCC(C(N)=O)CC1. The van der Waals surface area contributed by atoms with E-state index < -0.39 is 0 Å². The van der Waals surface area contributed by atoms with Gasteiger partial charge in [0.1, 0.15) is 0 Å². The van der Waals surface area contributed by atoms with Crippen molar-refractivity contribution < 1.29 is 9.53 Å². The smallest absolute Gasteiger partial charge is 0.220 e. The summed E-state index contributed by atoms with van der Waals surface area (Å²) in [4.78, 5) is 10.9. The Hall–Kier alpha value is -0.640. The lowest BCUT2D eigenvalue weighted by molar-refractivity contribution is -0.122. The van der Waals surface area contributed by atoms with Gasteiger partial charge in [-0.25, -0.2) is 0 Å². The predicted molar refractivity (Wildman–Crippen MR) is 54.2 cm³/mol. The molecule has 0 spiro atoms. The van der Waals surface area contributed by atoms with E-state index in [0.29, 0.717) is 11.0 Å². The highest BCUT2D eigenvalue weighted by molar-refractivity contribution is 7.80. The standard InChI is InChI=1S/C9H15NO2S/c1-12-9(13)7-4-2-6(3-5-7)8(10)11/h6-7H,2-5H2,1H3,(H2,10,11). The highest BCUT2D eigenvalue weighted by Gasteiger charge is 2.27. The zero-order chi connectivity index (χ0) is 9.84. The molecule has 0 bridgehead atoms. The molecule has 4 heteroatoms. The molecule has 3 nitrogen and oxygen atoms in total. The van der Waals surface area contributed by atoms with Crippen LogP contribution in [-0.2, 0) is 9.53 Å². The zero-order valence-corrected chi connectivity index (χ0v) is 8.60. The molecular formula is C9H15NO2S. The zero-order valence-electron chi connectivity index (χ0n) is 7.79. The molecule has 0 aromatic heterocycles. The summed E-state index contributed by atoms with van der Waals surface area (Å²) in [7, 11) is 1.60. The third-order valence-corrected chi connectivity index (χ3v) is 3.16. The number of carbonyl (C=O) groups is 1. The second-order valence-corrected chi connectivity index (χ2v) is 3.88. The average Bonchev–Trinajstić information content (AvgIpc) is 2.17. The maximum Gasteiger partial charge on any atom is 0.220 e. The number of thiocarbonyl (C=S) groups is 1. The second-order valence-electron chi connectivity index (χ2n) is 3.47. The Morgan fingerprint density at radius 3 is 2.15 bits per heavy atom. The Morgan fingerprint density at radius 2 is 1.77 bits per heavy atom. The first-order valence-corrected chi connectivity index (χ1v) is 4.93. The Morgan fingerprint density at radius 1 is 1.31 bits per heavy atom. The summed E-state index contributed by atoms with van der Waals surface area (Å²) in [5, 5.41) is 0.669. The predicted octanol–water partition coefficient (Wildman–Crippen LogP) is 1.25. The summed E-state index contributed by atoms with van der Waals surface area (Å²) in [6.07, 6.45) is 3.56. The monoisotopic (exact) mass is 201 g/mol. The largest absolute Gasteiger partial charge is 0.490 e. The van der Waals surface area contributed by atoms with Crippen LogP contribution in [-0.4, -0.2) is 18.1 Å². The van der Waals surface area contributed by atoms with E-state index >= 15 is 0 Å². The number of methoxy groups -OCH3 is 1. The summed E-state index contributed by atoms with van der Waals surface area (Å²) < 4.78 is 5.00. The molecule has 0 aromatic rings. The molecule has 1 saturated carbocycles. The van der Waals surface area contributed by atoms with Crippen molar-refractivity contribution in [3.8, 4) is 0 Å². The van der Waals surface area contributed by atoms with Crippen molar-refractivity contribution in [3.05, 3.63) is 0 Å². The van der Waals surface area contributed by atoms with Crippen molar-refractivity contribution in [1.29, 1.82) is 0 Å². The molecule has 0 radical (unpaired) electrons. The highest BCUT2D eigenvalue weighted by atomic mass is 32.1. The van der Waals surface area contributed by atoms with E-state index in [9.17, 15) is 4.79 Å². The highest BCUT2D eigenvalue weighted by Crippen LogP contribution is 2.29. The lowest BCUT2D eigenvalue weighted by Crippen LogP contribution is -2.29. The summed E-state index contributed by atoms with van der Waals surface area (Å²) >= 11 is 5.04. The normalized spacial score (nSPS) is 28.1. The van der Waals surface area contributed by atoms with Gasteiger partial charge in [-0.15, -0.1) is 0 Å². The van der Waals surface area contributed by atoms with E-state index in [2.05, 4.69) is 0 Å². The van der Waals surface area contributed by atoms with Gasteiger partial charge >= 0.3 is 0 Å². The van der Waals surface area contributed by atoms with E-state index in [4.69, 9.17) is 22.7 Å². The van der Waals surface area contributed by atoms with Crippen LogP contribution < -0.4 is 5.73 Å². The Labute approximate surface area is 83.6 Å². The summed E-state index contributed by atoms with van der Waals surface area (Å²) in [6, 6.07) is 0. The number of ether oxygens (including phenoxy) is 1. The van der Waals surface area contributed by atoms with Gasteiger partial charge in [0.25, 0.3) is 0 Å². The van der Waals surface area contributed by atoms with Crippen LogP contribution in [0.2, 0.25) is 0 Å². The first kappa shape index (κ1) is 10.4. The fourth-order valence-corrected chi connectivity index (χ4v) is 2.02. The number of amides is 1. The molecule has 1 fully saturated rings. The van der Waals surface area contributed by atoms with E-state index in [1.807, 2.05) is 0 Å². The lowest BCUT2D eigenvalue weighted by atomic mass is 9.82. The molecular weight excluding hydrogens is 186 g/mol. The van der Waals surface area contributed by atoms with Crippen molar-refractivity contribution in [2.24, 2.45) is 17.6 Å². The molecule has 0 heterocycles. The molecule has 1 aliphatic carbocycles. The molecule has 0 aromatic carbocycles. The maximum absolute atomic E-state index is 10.9. The van der Waals surface area contributed by atoms with Crippen molar-refractivity contribution in [3.63, 3.8) is 0 Å². The summed E-state index contributed by atoms with van der Waals surface area (Å²) in [5.41, 5.74) is 5.22. The van der Waals surface area contributed by atoms with E-state index in [1.54, 1.807) is 7.11 Å². The molecule has 1 amide bonds. The van der Waals surface area contributed by atoms with Crippen LogP contribution >= 0.6 is 12.2 Å². The van der Waals surface area contributed by atoms with Crippen LogP contribution in [0.5, 0.6) is 0 Å². The van der Waals surface area contributed by atoms with Gasteiger partial charge in [-0.05, 0) is 37.9 Å². The van der Waals surface area contributed by atoms with Gasteiger partial charge in [0.15, 0.2) is 5.05 Å². The number of hydrogen-bond donors (Lipinski definition) is 1. The minimum Gasteiger partial charge on any atom is -0.490 e. The average molecular weight is 201 g/mol. The Balaban J connectivity index is 2.39. The third kappa shape index (κ3) is 2.66.